The molecule has 1 aromatic heterocycles. The second-order valence-electron chi connectivity index (χ2n) is 14.5. The van der Waals surface area contributed by atoms with Gasteiger partial charge in [-0.15, -0.1) is 0 Å². The number of nitrogens with zero attached hydrogens (tertiary/aromatic N) is 1. The van der Waals surface area contributed by atoms with Crippen LogP contribution in [-0.2, 0) is 5.41 Å². The van der Waals surface area contributed by atoms with Gasteiger partial charge in [-0.05, 0) is 125 Å². The summed E-state index contributed by atoms with van der Waals surface area (Å²) in [6.07, 6.45) is 0. The number of hydrogen-bond donors (Lipinski definition) is 0. The fourth-order valence-electron chi connectivity index (χ4n) is 9.14. The molecule has 0 amide bonds. The van der Waals surface area contributed by atoms with E-state index in [1.54, 1.807) is 0 Å². The van der Waals surface area contributed by atoms with Crippen LogP contribution >= 0.6 is 0 Å². The Morgan fingerprint density at radius 2 is 1.02 bits per heavy atom. The lowest BCUT2D eigenvalue weighted by atomic mass is 9.80. The van der Waals surface area contributed by atoms with Gasteiger partial charge in [-0.2, -0.15) is 0 Å². The van der Waals surface area contributed by atoms with Crippen LogP contribution in [0.2, 0.25) is 0 Å². The van der Waals surface area contributed by atoms with E-state index in [1.165, 1.54) is 104 Å². The SMILES string of the molecule is CC1(C)c2cc(-c3ccc4c(c3)c3ccccc3n4-c3ccccc3)ccc2-c2cc3c4ccccc4c4ccc5ccccc5c4c3cc21. The number of hydrogen-bond acceptors (Lipinski definition) is 0. The van der Waals surface area contributed by atoms with Crippen molar-refractivity contribution < 1.29 is 0 Å². The number of benzene rings is 9. The van der Waals surface area contributed by atoms with Gasteiger partial charge < -0.3 is 4.57 Å². The number of aromatic nitrogens is 1. The van der Waals surface area contributed by atoms with Gasteiger partial charge in [-0.1, -0.05) is 129 Å². The summed E-state index contributed by atoms with van der Waals surface area (Å²) in [5.41, 5.74) is 11.5. The van der Waals surface area contributed by atoms with E-state index in [0.717, 1.165) is 0 Å². The summed E-state index contributed by atoms with van der Waals surface area (Å²) in [6, 6.07) is 61.1. The van der Waals surface area contributed by atoms with Crippen molar-refractivity contribution in [2.75, 3.05) is 0 Å². The van der Waals surface area contributed by atoms with Gasteiger partial charge in [0.2, 0.25) is 0 Å². The smallest absolute Gasteiger partial charge is 0.0541 e. The average molecular weight is 636 g/mol. The topological polar surface area (TPSA) is 4.93 Å². The molecule has 11 rings (SSSR count). The Bertz CT molecular complexity index is 3050. The highest BCUT2D eigenvalue weighted by atomic mass is 15.0. The van der Waals surface area contributed by atoms with E-state index in [1.807, 2.05) is 0 Å². The summed E-state index contributed by atoms with van der Waals surface area (Å²) < 4.78 is 2.39. The van der Waals surface area contributed by atoms with Crippen LogP contribution in [0.5, 0.6) is 0 Å². The van der Waals surface area contributed by atoms with Crippen LogP contribution in [0.3, 0.4) is 0 Å². The van der Waals surface area contributed by atoms with E-state index < -0.39 is 0 Å². The lowest BCUT2D eigenvalue weighted by molar-refractivity contribution is 0.661. The summed E-state index contributed by atoms with van der Waals surface area (Å²) in [6.45, 7) is 4.82. The van der Waals surface area contributed by atoms with E-state index in [9.17, 15) is 0 Å². The van der Waals surface area contributed by atoms with Crippen molar-refractivity contribution >= 4 is 64.9 Å². The summed E-state index contributed by atoms with van der Waals surface area (Å²) >= 11 is 0. The maximum absolute atomic E-state index is 2.52. The van der Waals surface area contributed by atoms with Crippen LogP contribution in [0.25, 0.3) is 92.8 Å². The van der Waals surface area contributed by atoms with Gasteiger partial charge in [0.15, 0.2) is 0 Å². The first-order valence-electron chi connectivity index (χ1n) is 17.6. The molecule has 0 bridgehead atoms. The monoisotopic (exact) mass is 635 g/mol. The van der Waals surface area contributed by atoms with E-state index in [-0.39, 0.29) is 5.41 Å². The molecule has 0 saturated carbocycles. The number of fused-ring (bicyclic) bond motifs is 14. The molecular weight excluding hydrogens is 603 g/mol. The highest BCUT2D eigenvalue weighted by Gasteiger charge is 2.36. The Labute approximate surface area is 290 Å². The quantitative estimate of drug-likeness (QED) is 0.167. The molecule has 10 aromatic rings. The molecule has 0 unspecified atom stereocenters. The van der Waals surface area contributed by atoms with Gasteiger partial charge in [0.1, 0.15) is 0 Å². The Balaban J connectivity index is 1.13. The van der Waals surface area contributed by atoms with E-state index in [2.05, 4.69) is 182 Å². The Morgan fingerprint density at radius 1 is 0.380 bits per heavy atom. The maximum atomic E-state index is 2.52. The molecule has 1 heteroatoms. The minimum atomic E-state index is -0.148. The molecule has 50 heavy (non-hydrogen) atoms. The fraction of sp³-hybridized carbons (Fsp3) is 0.0612. The second kappa shape index (κ2) is 9.94. The molecule has 0 saturated heterocycles. The Hall–Kier alpha value is -6.18. The van der Waals surface area contributed by atoms with E-state index >= 15 is 0 Å². The minimum absolute atomic E-state index is 0.148. The summed E-state index contributed by atoms with van der Waals surface area (Å²) in [4.78, 5) is 0. The van der Waals surface area contributed by atoms with Crippen LogP contribution in [0.15, 0.2) is 164 Å². The van der Waals surface area contributed by atoms with Crippen LogP contribution < -0.4 is 0 Å². The molecule has 1 aliphatic carbocycles. The predicted octanol–water partition coefficient (Wildman–Crippen LogP) is 13.4. The van der Waals surface area contributed by atoms with Crippen molar-refractivity contribution in [3.8, 4) is 27.9 Å². The zero-order chi connectivity index (χ0) is 33.1. The van der Waals surface area contributed by atoms with Gasteiger partial charge in [0.25, 0.3) is 0 Å². The maximum Gasteiger partial charge on any atom is 0.0541 e. The fourth-order valence-corrected chi connectivity index (χ4v) is 9.14. The first kappa shape index (κ1) is 27.7. The third-order valence-corrected chi connectivity index (χ3v) is 11.5. The second-order valence-corrected chi connectivity index (χ2v) is 14.5. The van der Waals surface area contributed by atoms with Gasteiger partial charge in [-0.3, -0.25) is 0 Å². The highest BCUT2D eigenvalue weighted by Crippen LogP contribution is 2.53. The molecule has 0 N–H and O–H groups in total. The van der Waals surface area contributed by atoms with E-state index in [4.69, 9.17) is 0 Å². The van der Waals surface area contributed by atoms with Crippen molar-refractivity contribution in [2.45, 2.75) is 19.3 Å². The molecule has 0 spiro atoms. The van der Waals surface area contributed by atoms with Crippen molar-refractivity contribution in [2.24, 2.45) is 0 Å². The average Bonchev–Trinajstić information content (AvgIpc) is 3.61. The largest absolute Gasteiger partial charge is 0.309 e. The van der Waals surface area contributed by atoms with Crippen molar-refractivity contribution in [1.29, 1.82) is 0 Å². The minimum Gasteiger partial charge on any atom is -0.309 e. The normalized spacial score (nSPS) is 13.6. The first-order valence-corrected chi connectivity index (χ1v) is 17.6. The molecule has 0 aliphatic heterocycles. The molecular formula is C49H33N. The molecule has 1 nitrogen and oxygen atoms in total. The molecule has 0 radical (unpaired) electrons. The zero-order valence-electron chi connectivity index (χ0n) is 28.0. The Morgan fingerprint density at radius 3 is 1.86 bits per heavy atom. The van der Waals surface area contributed by atoms with Gasteiger partial charge in [0, 0.05) is 21.9 Å². The molecule has 1 heterocycles. The van der Waals surface area contributed by atoms with Crippen LogP contribution in [0.4, 0.5) is 0 Å². The lowest BCUT2D eigenvalue weighted by Crippen LogP contribution is -2.15. The third-order valence-electron chi connectivity index (χ3n) is 11.5. The molecule has 9 aromatic carbocycles. The Kier molecular flexibility index (Phi) is 5.51. The summed E-state index contributed by atoms with van der Waals surface area (Å²) in [5, 5.41) is 13.2. The third kappa shape index (κ3) is 3.67. The van der Waals surface area contributed by atoms with Crippen LogP contribution in [0.1, 0.15) is 25.0 Å². The van der Waals surface area contributed by atoms with Gasteiger partial charge >= 0.3 is 0 Å². The first-order chi connectivity index (χ1) is 24.6. The predicted molar refractivity (Wildman–Crippen MR) is 214 cm³/mol. The molecule has 1 aliphatic rings. The van der Waals surface area contributed by atoms with Crippen LogP contribution in [-0.4, -0.2) is 4.57 Å². The highest BCUT2D eigenvalue weighted by molar-refractivity contribution is 6.32. The number of rotatable bonds is 2. The summed E-state index contributed by atoms with van der Waals surface area (Å²) in [7, 11) is 0. The van der Waals surface area contributed by atoms with Crippen molar-refractivity contribution in [1.82, 2.24) is 4.57 Å². The van der Waals surface area contributed by atoms with Gasteiger partial charge in [0.05, 0.1) is 11.0 Å². The molecule has 0 fully saturated rings. The zero-order valence-corrected chi connectivity index (χ0v) is 28.0. The van der Waals surface area contributed by atoms with E-state index in [0.29, 0.717) is 0 Å². The molecule has 234 valence electrons. The molecule has 0 atom stereocenters. The number of para-hydroxylation sites is 2. The van der Waals surface area contributed by atoms with Gasteiger partial charge in [-0.25, -0.2) is 0 Å². The lowest BCUT2D eigenvalue weighted by Gasteiger charge is -2.23. The summed E-state index contributed by atoms with van der Waals surface area (Å²) in [5.74, 6) is 0. The van der Waals surface area contributed by atoms with Crippen LogP contribution in [0, 0.1) is 0 Å². The standard InChI is InChI=1S/C49H33N/c1-49(2)44-27-32(31-22-25-47-42(26-31)38-18-10-11-19-46(38)50(47)33-13-4-3-5-14-33)21-23-37(44)41-28-40-36-17-9-8-16-35(36)39-24-20-30-12-6-7-15-34(30)48(39)43(40)29-45(41)49/h3-29H,1-2H3. The van der Waals surface area contributed by atoms with Crippen molar-refractivity contribution in [3.63, 3.8) is 0 Å². The van der Waals surface area contributed by atoms with Crippen molar-refractivity contribution in [3.05, 3.63) is 175 Å².